The molecule has 0 aliphatic carbocycles. The summed E-state index contributed by atoms with van der Waals surface area (Å²) in [5.41, 5.74) is 0. The molecule has 4 unspecified atom stereocenters. The van der Waals surface area contributed by atoms with Crippen LogP contribution >= 0.6 is 0 Å². The molecule has 0 bridgehead atoms. The van der Waals surface area contributed by atoms with Crippen LogP contribution in [0.1, 0.15) is 181 Å². The minimum atomic E-state index is -1.78. The summed E-state index contributed by atoms with van der Waals surface area (Å²) in [5, 5.41) is 72.0. The Labute approximate surface area is 408 Å². The molecule has 11 atom stereocenters. The third-order valence-electron chi connectivity index (χ3n) is 12.4. The van der Waals surface area contributed by atoms with Crippen molar-refractivity contribution >= 4 is 11.9 Å². The van der Waals surface area contributed by atoms with E-state index in [0.717, 1.165) is 25.7 Å². The van der Waals surface area contributed by atoms with Crippen molar-refractivity contribution in [2.24, 2.45) is 0 Å². The van der Waals surface area contributed by atoms with Crippen LogP contribution in [0.5, 0.6) is 0 Å². The van der Waals surface area contributed by atoms with Crippen LogP contribution in [0.15, 0.2) is 48.6 Å². The third-order valence-corrected chi connectivity index (χ3v) is 12.4. The summed E-state index contributed by atoms with van der Waals surface area (Å²) < 4.78 is 33.3. The molecule has 2 heterocycles. The van der Waals surface area contributed by atoms with Crippen LogP contribution in [-0.2, 0) is 38.0 Å². The Morgan fingerprint density at radius 1 is 0.515 bits per heavy atom. The molecule has 0 spiro atoms. The molecule has 0 radical (unpaired) electrons. The van der Waals surface area contributed by atoms with Gasteiger partial charge in [-0.05, 0) is 44.9 Å². The fourth-order valence-corrected chi connectivity index (χ4v) is 8.05. The van der Waals surface area contributed by atoms with Crippen molar-refractivity contribution in [3.63, 3.8) is 0 Å². The van der Waals surface area contributed by atoms with Gasteiger partial charge in [-0.15, -0.1) is 0 Å². The molecule has 0 amide bonds. The van der Waals surface area contributed by atoms with Gasteiger partial charge in [0.25, 0.3) is 0 Å². The molecule has 0 aromatic heterocycles. The summed E-state index contributed by atoms with van der Waals surface area (Å²) in [7, 11) is 0. The van der Waals surface area contributed by atoms with Gasteiger partial charge < -0.3 is 64.2 Å². The lowest BCUT2D eigenvalue weighted by molar-refractivity contribution is -0.332. The molecule has 0 aromatic carbocycles. The molecule has 2 fully saturated rings. The topological polar surface area (TPSA) is 231 Å². The van der Waals surface area contributed by atoms with Gasteiger partial charge in [-0.2, -0.15) is 0 Å². The normalized spacial score (nSPS) is 26.1. The summed E-state index contributed by atoms with van der Waals surface area (Å²) in [4.78, 5) is 25.6. The van der Waals surface area contributed by atoms with E-state index in [1.54, 1.807) is 12.2 Å². The van der Waals surface area contributed by atoms with Crippen LogP contribution in [-0.4, -0.2) is 142 Å². The number of rotatable bonds is 40. The van der Waals surface area contributed by atoms with Crippen molar-refractivity contribution in [1.29, 1.82) is 0 Å². The van der Waals surface area contributed by atoms with Gasteiger partial charge in [0.1, 0.15) is 55.4 Å². The van der Waals surface area contributed by atoms with E-state index in [1.807, 2.05) is 12.2 Å². The van der Waals surface area contributed by atoms with E-state index >= 15 is 0 Å². The second kappa shape index (κ2) is 40.1. The summed E-state index contributed by atoms with van der Waals surface area (Å²) in [5.74, 6) is -1.23. The fraction of sp³-hybridized carbons (Fsp3) is 0.811. The van der Waals surface area contributed by atoms with Gasteiger partial charge >= 0.3 is 11.9 Å². The van der Waals surface area contributed by atoms with E-state index in [-0.39, 0.29) is 13.0 Å². The quantitative estimate of drug-likeness (QED) is 0.0104. The number of ether oxygens (including phenoxy) is 6. The zero-order valence-electron chi connectivity index (χ0n) is 41.6. The molecule has 2 aliphatic heterocycles. The van der Waals surface area contributed by atoms with E-state index in [0.29, 0.717) is 12.8 Å². The van der Waals surface area contributed by atoms with Crippen molar-refractivity contribution < 1.29 is 73.8 Å². The molecule has 2 rings (SSSR count). The zero-order chi connectivity index (χ0) is 49.6. The fourth-order valence-electron chi connectivity index (χ4n) is 8.05. The first-order valence-corrected chi connectivity index (χ1v) is 26.3. The van der Waals surface area contributed by atoms with E-state index < -0.39 is 99.3 Å². The van der Waals surface area contributed by atoms with Gasteiger partial charge in [-0.25, -0.2) is 4.79 Å². The lowest BCUT2D eigenvalue weighted by Crippen LogP contribution is -2.61. The second-order valence-electron chi connectivity index (χ2n) is 18.4. The van der Waals surface area contributed by atoms with Crippen LogP contribution in [0.25, 0.3) is 0 Å². The Hall–Kier alpha value is -2.54. The first kappa shape index (κ1) is 61.6. The van der Waals surface area contributed by atoms with Crippen LogP contribution < -0.4 is 0 Å². The molecule has 7 N–H and O–H groups in total. The molecule has 0 aromatic rings. The number of hydrogen-bond donors (Lipinski definition) is 7. The first-order chi connectivity index (χ1) is 33.0. The van der Waals surface area contributed by atoms with Gasteiger partial charge in [0.15, 0.2) is 18.7 Å². The van der Waals surface area contributed by atoms with Gasteiger partial charge in [0.2, 0.25) is 0 Å². The van der Waals surface area contributed by atoms with Crippen LogP contribution in [0.3, 0.4) is 0 Å². The lowest BCUT2D eigenvalue weighted by Gasteiger charge is -2.42. The second-order valence-corrected chi connectivity index (χ2v) is 18.4. The molecule has 15 nitrogen and oxygen atoms in total. The molecule has 15 heteroatoms. The maximum absolute atomic E-state index is 13.0. The summed E-state index contributed by atoms with van der Waals surface area (Å²) in [6.07, 6.45) is 27.8. The summed E-state index contributed by atoms with van der Waals surface area (Å²) in [6, 6.07) is 0. The largest absolute Gasteiger partial charge is 0.458 e. The minimum Gasteiger partial charge on any atom is -0.458 e. The first-order valence-electron chi connectivity index (χ1n) is 26.3. The number of esters is 2. The van der Waals surface area contributed by atoms with E-state index in [9.17, 15) is 45.3 Å². The van der Waals surface area contributed by atoms with E-state index in [1.165, 1.54) is 128 Å². The average Bonchev–Trinajstić information content (AvgIpc) is 3.33. The maximum atomic E-state index is 13.0. The van der Waals surface area contributed by atoms with Crippen LogP contribution in [0, 0.1) is 0 Å². The number of unbranched alkanes of at least 4 members (excludes halogenated alkanes) is 21. The summed E-state index contributed by atoms with van der Waals surface area (Å²) >= 11 is 0. The highest BCUT2D eigenvalue weighted by Gasteiger charge is 2.47. The minimum absolute atomic E-state index is 0.0812. The Morgan fingerprint density at radius 2 is 0.985 bits per heavy atom. The van der Waals surface area contributed by atoms with Crippen molar-refractivity contribution in [3.05, 3.63) is 48.6 Å². The molecule has 2 saturated heterocycles. The predicted octanol–water partition coefficient (Wildman–Crippen LogP) is 7.49. The standard InChI is InChI=1S/C53H92O15/c1-3-5-7-9-11-13-15-17-19-20-22-24-26-28-30-32-34-36-45(56)66-41(38-63-44(55)35-33-31-29-27-25-23-21-18-16-14-12-10-8-6-4-2)39-64-52-51(62)49(60)47(58)43(68-52)40-65-53-50(61)48(59)46(57)42(37-54)67-53/h22,24,28-31,33,35,41-43,46-54,57-62H,3-21,23,25-27,32,34,36-40H2,1-2H3/b24-22+,30-28+,31-29+,35-33+/t41-,42+,43+,46-,47-,48?,49?,50?,51?,52+,53+/m1/s1. The van der Waals surface area contributed by atoms with Crippen LogP contribution in [0.2, 0.25) is 0 Å². The van der Waals surface area contributed by atoms with Crippen molar-refractivity contribution in [3.8, 4) is 0 Å². The molecular formula is C53H92O15. The maximum Gasteiger partial charge on any atom is 0.330 e. The Morgan fingerprint density at radius 3 is 1.53 bits per heavy atom. The Balaban J connectivity index is 1.86. The molecule has 394 valence electrons. The molecule has 2 aliphatic rings. The van der Waals surface area contributed by atoms with Crippen molar-refractivity contribution in [2.75, 3.05) is 26.4 Å². The zero-order valence-corrected chi connectivity index (χ0v) is 41.6. The predicted molar refractivity (Wildman–Crippen MR) is 261 cm³/mol. The monoisotopic (exact) mass is 969 g/mol. The van der Waals surface area contributed by atoms with Crippen molar-refractivity contribution in [2.45, 2.75) is 248 Å². The average molecular weight is 969 g/mol. The molecule has 0 saturated carbocycles. The lowest BCUT2D eigenvalue weighted by atomic mass is 9.98. The Kier molecular flexibility index (Phi) is 36.3. The highest BCUT2D eigenvalue weighted by Crippen LogP contribution is 2.26. The third kappa shape index (κ3) is 27.7. The van der Waals surface area contributed by atoms with Gasteiger partial charge in [0, 0.05) is 12.5 Å². The number of aliphatic hydroxyl groups excluding tert-OH is 7. The SMILES string of the molecule is CCCCCCCCCCC/C=C/C/C=C/CCCC(=O)O[C@H](COC(=O)/C=C/C=C/CCCCCCCCCCCCC)CO[C@H]1O[C@@H](CO[C@H]2O[C@@H](CO)[C@@H](O)C(O)C2O)[C@@H](O)C(O)C1O. The smallest absolute Gasteiger partial charge is 0.330 e. The Bertz CT molecular complexity index is 1370. The van der Waals surface area contributed by atoms with Gasteiger partial charge in [0.05, 0.1) is 19.8 Å². The van der Waals surface area contributed by atoms with Gasteiger partial charge in [-0.1, -0.05) is 172 Å². The number of hydrogen-bond acceptors (Lipinski definition) is 15. The van der Waals surface area contributed by atoms with Crippen molar-refractivity contribution in [1.82, 2.24) is 0 Å². The van der Waals surface area contributed by atoms with E-state index in [2.05, 4.69) is 32.1 Å². The molecular weight excluding hydrogens is 877 g/mol. The number of carbonyl (C=O) groups is 2. The number of aliphatic hydroxyl groups is 7. The number of allylic oxidation sites excluding steroid dienone is 7. The number of carbonyl (C=O) groups excluding carboxylic acids is 2. The van der Waals surface area contributed by atoms with Crippen LogP contribution in [0.4, 0.5) is 0 Å². The van der Waals surface area contributed by atoms with E-state index in [4.69, 9.17) is 28.4 Å². The molecule has 68 heavy (non-hydrogen) atoms. The van der Waals surface area contributed by atoms with Gasteiger partial charge in [-0.3, -0.25) is 4.79 Å². The highest BCUT2D eigenvalue weighted by molar-refractivity contribution is 5.82. The highest BCUT2D eigenvalue weighted by atomic mass is 16.7. The summed E-state index contributed by atoms with van der Waals surface area (Å²) in [6.45, 7) is 2.43.